The smallest absolute Gasteiger partial charge is 0.129 e. The Kier molecular flexibility index (Phi) is 4.93. The Labute approximate surface area is 127 Å². The number of halogens is 3. The molecule has 0 bridgehead atoms. The van der Waals surface area contributed by atoms with Gasteiger partial charge in [-0.2, -0.15) is 0 Å². The van der Waals surface area contributed by atoms with Crippen LogP contribution in [0.1, 0.15) is 28.7 Å². The highest BCUT2D eigenvalue weighted by Crippen LogP contribution is 2.33. The second-order valence-electron chi connectivity index (χ2n) is 4.96. The van der Waals surface area contributed by atoms with Crippen molar-refractivity contribution < 1.29 is 13.9 Å². The van der Waals surface area contributed by atoms with Crippen molar-refractivity contribution in [3.63, 3.8) is 0 Å². The number of nitrogens with two attached hydrogens (primary N) is 1. The molecule has 112 valence electrons. The lowest BCUT2D eigenvalue weighted by Gasteiger charge is -2.23. The van der Waals surface area contributed by atoms with Crippen molar-refractivity contribution >= 4 is 11.6 Å². The van der Waals surface area contributed by atoms with Crippen LogP contribution in [-0.2, 0) is 0 Å². The van der Waals surface area contributed by atoms with Gasteiger partial charge in [0.2, 0.25) is 0 Å². The highest BCUT2D eigenvalue weighted by atomic mass is 35.5. The molecule has 3 N–H and O–H groups in total. The molecule has 0 saturated heterocycles. The van der Waals surface area contributed by atoms with Gasteiger partial charge in [0.05, 0.1) is 6.10 Å². The largest absolute Gasteiger partial charge is 0.388 e. The Morgan fingerprint density at radius 3 is 2.48 bits per heavy atom. The van der Waals surface area contributed by atoms with Crippen LogP contribution in [0.5, 0.6) is 0 Å². The summed E-state index contributed by atoms with van der Waals surface area (Å²) >= 11 is 6.04. The summed E-state index contributed by atoms with van der Waals surface area (Å²) < 4.78 is 26.9. The Morgan fingerprint density at radius 1 is 1.19 bits per heavy atom. The number of hydrogen-bond donors (Lipinski definition) is 2. The van der Waals surface area contributed by atoms with Crippen LogP contribution in [-0.4, -0.2) is 11.7 Å². The molecular weight excluding hydrogens is 296 g/mol. The van der Waals surface area contributed by atoms with Crippen LogP contribution in [0.15, 0.2) is 36.4 Å². The molecule has 0 fully saturated rings. The maximum Gasteiger partial charge on any atom is 0.129 e. The fourth-order valence-electron chi connectivity index (χ4n) is 2.25. The van der Waals surface area contributed by atoms with Crippen molar-refractivity contribution in [3.05, 3.63) is 69.7 Å². The summed E-state index contributed by atoms with van der Waals surface area (Å²) in [6.07, 6.45) is -1.02. The van der Waals surface area contributed by atoms with E-state index < -0.39 is 23.7 Å². The van der Waals surface area contributed by atoms with E-state index in [2.05, 4.69) is 0 Å². The maximum atomic E-state index is 13.9. The summed E-state index contributed by atoms with van der Waals surface area (Å²) in [7, 11) is 0. The van der Waals surface area contributed by atoms with E-state index in [1.807, 2.05) is 6.92 Å². The Bertz CT molecular complexity index is 648. The third-order valence-electron chi connectivity index (χ3n) is 3.53. The summed E-state index contributed by atoms with van der Waals surface area (Å²) in [5.74, 6) is -2.06. The minimum atomic E-state index is -1.02. The molecule has 0 radical (unpaired) electrons. The summed E-state index contributed by atoms with van der Waals surface area (Å²) in [6.45, 7) is 1.87. The molecule has 0 aromatic heterocycles. The topological polar surface area (TPSA) is 46.2 Å². The van der Waals surface area contributed by atoms with Crippen molar-refractivity contribution in [2.75, 3.05) is 6.54 Å². The third-order valence-corrected chi connectivity index (χ3v) is 3.94. The van der Waals surface area contributed by atoms with Gasteiger partial charge < -0.3 is 10.8 Å². The van der Waals surface area contributed by atoms with Gasteiger partial charge in [-0.15, -0.1) is 0 Å². The first-order valence-corrected chi connectivity index (χ1v) is 6.91. The molecule has 2 rings (SSSR count). The van der Waals surface area contributed by atoms with Crippen LogP contribution >= 0.6 is 11.6 Å². The predicted molar refractivity (Wildman–Crippen MR) is 79.3 cm³/mol. The molecule has 5 heteroatoms. The minimum Gasteiger partial charge on any atom is -0.388 e. The van der Waals surface area contributed by atoms with Crippen LogP contribution in [0.4, 0.5) is 8.78 Å². The van der Waals surface area contributed by atoms with Crippen molar-refractivity contribution in [2.24, 2.45) is 5.73 Å². The summed E-state index contributed by atoms with van der Waals surface area (Å²) in [5, 5.41) is 11.0. The van der Waals surface area contributed by atoms with Crippen molar-refractivity contribution in [3.8, 4) is 0 Å². The molecular formula is C16H16ClF2NO. The van der Waals surface area contributed by atoms with E-state index in [-0.39, 0.29) is 12.1 Å². The molecule has 0 aliphatic heterocycles. The average Bonchev–Trinajstić information content (AvgIpc) is 2.44. The first-order valence-electron chi connectivity index (χ1n) is 6.53. The number of hydrogen-bond acceptors (Lipinski definition) is 2. The van der Waals surface area contributed by atoms with Crippen LogP contribution < -0.4 is 5.73 Å². The first-order chi connectivity index (χ1) is 9.93. The Balaban J connectivity index is 2.37. The molecule has 0 aliphatic carbocycles. The van der Waals surface area contributed by atoms with Gasteiger partial charge in [0.1, 0.15) is 11.6 Å². The van der Waals surface area contributed by atoms with Gasteiger partial charge in [-0.05, 0) is 35.7 Å². The lowest BCUT2D eigenvalue weighted by atomic mass is 9.88. The highest BCUT2D eigenvalue weighted by molar-refractivity contribution is 6.31. The molecule has 0 spiro atoms. The van der Waals surface area contributed by atoms with E-state index in [4.69, 9.17) is 17.3 Å². The molecule has 2 aromatic rings. The molecule has 0 amide bonds. The number of aliphatic hydroxyl groups is 1. The Hall–Kier alpha value is -1.49. The van der Waals surface area contributed by atoms with Crippen LogP contribution in [0, 0.1) is 18.6 Å². The van der Waals surface area contributed by atoms with Gasteiger partial charge in [-0.3, -0.25) is 0 Å². The number of aliphatic hydroxyl groups excluding tert-OH is 1. The summed E-state index contributed by atoms with van der Waals surface area (Å²) in [6, 6.07) is 8.36. The first kappa shape index (κ1) is 15.9. The number of aryl methyl sites for hydroxylation is 1. The molecule has 0 aliphatic rings. The SMILES string of the molecule is Cc1ccc(C(O)C(CN)c2ccc(F)cc2F)cc1Cl. The fourth-order valence-corrected chi connectivity index (χ4v) is 2.44. The van der Waals surface area contributed by atoms with E-state index in [0.717, 1.165) is 17.7 Å². The van der Waals surface area contributed by atoms with Gasteiger partial charge in [0.25, 0.3) is 0 Å². The van der Waals surface area contributed by atoms with Crippen LogP contribution in [0.25, 0.3) is 0 Å². The lowest BCUT2D eigenvalue weighted by molar-refractivity contribution is 0.145. The van der Waals surface area contributed by atoms with Gasteiger partial charge >= 0.3 is 0 Å². The van der Waals surface area contributed by atoms with Gasteiger partial charge in [0, 0.05) is 23.6 Å². The quantitative estimate of drug-likeness (QED) is 0.904. The zero-order valence-corrected chi connectivity index (χ0v) is 12.2. The molecule has 2 nitrogen and oxygen atoms in total. The van der Waals surface area contributed by atoms with E-state index in [9.17, 15) is 13.9 Å². The predicted octanol–water partition coefficient (Wildman–Crippen LogP) is 3.70. The lowest BCUT2D eigenvalue weighted by Crippen LogP contribution is -2.21. The molecule has 2 unspecified atom stereocenters. The second kappa shape index (κ2) is 6.52. The van der Waals surface area contributed by atoms with E-state index in [0.29, 0.717) is 10.6 Å². The molecule has 0 heterocycles. The zero-order chi connectivity index (χ0) is 15.6. The van der Waals surface area contributed by atoms with Crippen LogP contribution in [0.3, 0.4) is 0 Å². The molecule has 2 atom stereocenters. The minimum absolute atomic E-state index is 0.0230. The van der Waals surface area contributed by atoms with E-state index >= 15 is 0 Å². The van der Waals surface area contributed by atoms with Crippen LogP contribution in [0.2, 0.25) is 5.02 Å². The van der Waals surface area contributed by atoms with Crippen molar-refractivity contribution in [1.29, 1.82) is 0 Å². The van der Waals surface area contributed by atoms with E-state index in [1.54, 1.807) is 18.2 Å². The van der Waals surface area contributed by atoms with Crippen molar-refractivity contribution in [1.82, 2.24) is 0 Å². The standard InChI is InChI=1S/C16H16ClF2NO/c1-9-2-3-10(6-14(9)17)16(21)13(8-20)12-5-4-11(18)7-15(12)19/h2-7,13,16,21H,8,20H2,1H3. The highest BCUT2D eigenvalue weighted by Gasteiger charge is 2.24. The van der Waals surface area contributed by atoms with E-state index in [1.165, 1.54) is 6.07 Å². The average molecular weight is 312 g/mol. The van der Waals surface area contributed by atoms with Gasteiger partial charge in [-0.25, -0.2) is 8.78 Å². The number of rotatable bonds is 4. The zero-order valence-electron chi connectivity index (χ0n) is 11.5. The van der Waals surface area contributed by atoms with Gasteiger partial charge in [0.15, 0.2) is 0 Å². The molecule has 2 aromatic carbocycles. The summed E-state index contributed by atoms with van der Waals surface area (Å²) in [5.41, 5.74) is 7.27. The van der Waals surface area contributed by atoms with Crippen molar-refractivity contribution in [2.45, 2.75) is 18.9 Å². The summed E-state index contributed by atoms with van der Waals surface area (Å²) in [4.78, 5) is 0. The maximum absolute atomic E-state index is 13.9. The molecule has 21 heavy (non-hydrogen) atoms. The Morgan fingerprint density at radius 2 is 1.90 bits per heavy atom. The number of benzene rings is 2. The fraction of sp³-hybridized carbons (Fsp3) is 0.250. The monoisotopic (exact) mass is 311 g/mol. The second-order valence-corrected chi connectivity index (χ2v) is 5.37. The third kappa shape index (κ3) is 3.40. The molecule has 0 saturated carbocycles. The normalized spacial score (nSPS) is 14.0. The van der Waals surface area contributed by atoms with Gasteiger partial charge in [-0.1, -0.05) is 29.8 Å².